The molecule has 21 heavy (non-hydrogen) atoms. The van der Waals surface area contributed by atoms with Crippen molar-refractivity contribution in [2.45, 2.75) is 31.9 Å². The maximum absolute atomic E-state index is 13.6. The van der Waals surface area contributed by atoms with Crippen molar-refractivity contribution < 1.29 is 8.78 Å². The SMILES string of the molecule is N=C(NCC1=C(F)C=CCC1F)NC(=N)N1CCCCC1. The molecule has 5 nitrogen and oxygen atoms in total. The second kappa shape index (κ2) is 7.19. The zero-order chi connectivity index (χ0) is 15.2. The molecule has 0 aromatic rings. The number of nitrogens with one attached hydrogen (secondary N) is 4. The Balaban J connectivity index is 1.79. The first-order valence-electron chi connectivity index (χ1n) is 7.20. The van der Waals surface area contributed by atoms with Gasteiger partial charge in [-0.25, -0.2) is 8.78 Å². The smallest absolute Gasteiger partial charge is 0.197 e. The van der Waals surface area contributed by atoms with Crippen LogP contribution in [0.4, 0.5) is 8.78 Å². The van der Waals surface area contributed by atoms with Crippen molar-refractivity contribution >= 4 is 11.9 Å². The van der Waals surface area contributed by atoms with Gasteiger partial charge in [-0.05, 0) is 25.3 Å². The van der Waals surface area contributed by atoms with E-state index in [4.69, 9.17) is 10.8 Å². The molecule has 0 saturated carbocycles. The van der Waals surface area contributed by atoms with Crippen molar-refractivity contribution in [2.24, 2.45) is 0 Å². The zero-order valence-electron chi connectivity index (χ0n) is 11.9. The highest BCUT2D eigenvalue weighted by molar-refractivity contribution is 5.95. The molecule has 1 heterocycles. The Hall–Kier alpha value is -1.92. The minimum absolute atomic E-state index is 0.0218. The number of guanidine groups is 2. The van der Waals surface area contributed by atoms with Crippen LogP contribution < -0.4 is 10.6 Å². The number of hydrogen-bond acceptors (Lipinski definition) is 2. The van der Waals surface area contributed by atoms with Crippen LogP contribution in [0.2, 0.25) is 0 Å². The van der Waals surface area contributed by atoms with Gasteiger partial charge >= 0.3 is 0 Å². The van der Waals surface area contributed by atoms with E-state index in [9.17, 15) is 8.78 Å². The van der Waals surface area contributed by atoms with E-state index in [1.165, 1.54) is 12.2 Å². The minimum atomic E-state index is -1.35. The van der Waals surface area contributed by atoms with Gasteiger partial charge in [0.1, 0.15) is 12.0 Å². The van der Waals surface area contributed by atoms with Crippen LogP contribution in [-0.4, -0.2) is 42.6 Å². The molecule has 4 N–H and O–H groups in total. The van der Waals surface area contributed by atoms with Gasteiger partial charge in [0.25, 0.3) is 0 Å². The summed E-state index contributed by atoms with van der Waals surface area (Å²) >= 11 is 0. The van der Waals surface area contributed by atoms with Gasteiger partial charge < -0.3 is 10.2 Å². The van der Waals surface area contributed by atoms with E-state index in [1.807, 2.05) is 4.90 Å². The molecule has 2 aliphatic rings. The van der Waals surface area contributed by atoms with Gasteiger partial charge in [-0.1, -0.05) is 6.08 Å². The van der Waals surface area contributed by atoms with Crippen LogP contribution in [-0.2, 0) is 0 Å². The molecule has 116 valence electrons. The molecule has 1 aliphatic carbocycles. The van der Waals surface area contributed by atoms with Gasteiger partial charge in [0, 0.05) is 31.6 Å². The second-order valence-corrected chi connectivity index (χ2v) is 5.23. The number of nitrogens with zero attached hydrogens (tertiary/aromatic N) is 1. The van der Waals surface area contributed by atoms with Crippen LogP contribution in [0.3, 0.4) is 0 Å². The molecule has 0 spiro atoms. The van der Waals surface area contributed by atoms with Crippen LogP contribution in [0.5, 0.6) is 0 Å². The molecular weight excluding hydrogens is 276 g/mol. The molecule has 1 saturated heterocycles. The fourth-order valence-corrected chi connectivity index (χ4v) is 2.43. The number of halogens is 2. The van der Waals surface area contributed by atoms with Crippen LogP contribution in [0.25, 0.3) is 0 Å². The maximum Gasteiger partial charge on any atom is 0.197 e. The third-order valence-electron chi connectivity index (χ3n) is 3.66. The van der Waals surface area contributed by atoms with Crippen molar-refractivity contribution in [3.8, 4) is 0 Å². The average Bonchev–Trinajstić information content (AvgIpc) is 2.47. The topological polar surface area (TPSA) is 75.0 Å². The summed E-state index contributed by atoms with van der Waals surface area (Å²) in [5, 5.41) is 20.8. The molecule has 0 amide bonds. The summed E-state index contributed by atoms with van der Waals surface area (Å²) < 4.78 is 27.0. The molecule has 0 radical (unpaired) electrons. The lowest BCUT2D eigenvalue weighted by Gasteiger charge is -2.29. The van der Waals surface area contributed by atoms with Gasteiger partial charge in [-0.2, -0.15) is 0 Å². The third kappa shape index (κ3) is 4.27. The van der Waals surface area contributed by atoms with Crippen molar-refractivity contribution in [3.63, 3.8) is 0 Å². The molecule has 7 heteroatoms. The Labute approximate surface area is 123 Å². The normalized spacial score (nSPS) is 22.2. The Morgan fingerprint density at radius 1 is 1.29 bits per heavy atom. The predicted octanol–water partition coefficient (Wildman–Crippen LogP) is 2.04. The Morgan fingerprint density at radius 2 is 2.00 bits per heavy atom. The second-order valence-electron chi connectivity index (χ2n) is 5.23. The number of piperidine rings is 1. The standard InChI is InChI=1S/C14H21F2N5/c15-11-5-4-6-12(16)10(11)9-19-13(17)20-14(18)21-7-2-1-3-8-21/h4-5,12H,1-3,6-9H2,(H4,17,18,19,20). The summed E-state index contributed by atoms with van der Waals surface area (Å²) in [6.07, 6.45) is 4.76. The van der Waals surface area contributed by atoms with Gasteiger partial charge in [-0.3, -0.25) is 16.1 Å². The number of likely N-dealkylation sites (tertiary alicyclic amines) is 1. The summed E-state index contributed by atoms with van der Waals surface area (Å²) in [6, 6.07) is 0. The summed E-state index contributed by atoms with van der Waals surface area (Å²) in [4.78, 5) is 1.86. The molecule has 1 unspecified atom stereocenters. The quantitative estimate of drug-likeness (QED) is 0.465. The lowest BCUT2D eigenvalue weighted by molar-refractivity contribution is 0.334. The first-order valence-corrected chi connectivity index (χ1v) is 7.20. The van der Waals surface area contributed by atoms with E-state index in [1.54, 1.807) is 0 Å². The van der Waals surface area contributed by atoms with Crippen molar-refractivity contribution in [1.29, 1.82) is 10.8 Å². The molecule has 0 aromatic heterocycles. The highest BCUT2D eigenvalue weighted by Gasteiger charge is 2.20. The third-order valence-corrected chi connectivity index (χ3v) is 3.66. The van der Waals surface area contributed by atoms with Gasteiger partial charge in [0.05, 0.1) is 0 Å². The molecule has 2 rings (SSSR count). The van der Waals surface area contributed by atoms with Gasteiger partial charge in [0.2, 0.25) is 0 Å². The number of hydrogen-bond donors (Lipinski definition) is 4. The van der Waals surface area contributed by atoms with E-state index in [2.05, 4.69) is 10.6 Å². The van der Waals surface area contributed by atoms with Crippen LogP contribution in [0.15, 0.2) is 23.6 Å². The van der Waals surface area contributed by atoms with Crippen LogP contribution in [0.1, 0.15) is 25.7 Å². The highest BCUT2D eigenvalue weighted by Crippen LogP contribution is 2.22. The first kappa shape index (κ1) is 15.5. The fourth-order valence-electron chi connectivity index (χ4n) is 2.43. The van der Waals surface area contributed by atoms with Crippen molar-refractivity contribution in [1.82, 2.24) is 15.5 Å². The van der Waals surface area contributed by atoms with Crippen LogP contribution in [0, 0.1) is 10.8 Å². The molecule has 0 bridgehead atoms. The van der Waals surface area contributed by atoms with E-state index < -0.39 is 12.0 Å². The van der Waals surface area contributed by atoms with E-state index >= 15 is 0 Å². The molecule has 1 fully saturated rings. The number of rotatable bonds is 2. The van der Waals surface area contributed by atoms with Gasteiger partial charge in [-0.15, -0.1) is 0 Å². The largest absolute Gasteiger partial charge is 0.352 e. The highest BCUT2D eigenvalue weighted by atomic mass is 19.1. The molecule has 0 aromatic carbocycles. The molecule has 1 atom stereocenters. The maximum atomic E-state index is 13.6. The predicted molar refractivity (Wildman–Crippen MR) is 78.8 cm³/mol. The lowest BCUT2D eigenvalue weighted by atomic mass is 10.0. The van der Waals surface area contributed by atoms with Gasteiger partial charge in [0.15, 0.2) is 11.9 Å². The van der Waals surface area contributed by atoms with E-state index in [0.29, 0.717) is 0 Å². The minimum Gasteiger partial charge on any atom is -0.352 e. The Kier molecular flexibility index (Phi) is 5.30. The first-order chi connectivity index (χ1) is 10.1. The fraction of sp³-hybridized carbons (Fsp3) is 0.571. The Morgan fingerprint density at radius 3 is 2.67 bits per heavy atom. The van der Waals surface area contributed by atoms with E-state index in [0.717, 1.165) is 32.4 Å². The van der Waals surface area contributed by atoms with E-state index in [-0.39, 0.29) is 30.5 Å². The lowest BCUT2D eigenvalue weighted by Crippen LogP contribution is -2.49. The summed E-state index contributed by atoms with van der Waals surface area (Å²) in [5.41, 5.74) is 0.0218. The monoisotopic (exact) mass is 297 g/mol. The summed E-state index contributed by atoms with van der Waals surface area (Å²) in [6.45, 7) is 1.53. The Bertz CT molecular complexity index is 466. The zero-order valence-corrected chi connectivity index (χ0v) is 11.9. The number of allylic oxidation sites excluding steroid dienone is 3. The average molecular weight is 297 g/mol. The summed E-state index contributed by atoms with van der Waals surface area (Å²) in [7, 11) is 0. The molecular formula is C14H21F2N5. The summed E-state index contributed by atoms with van der Waals surface area (Å²) in [5.74, 6) is -0.547. The van der Waals surface area contributed by atoms with Crippen molar-refractivity contribution in [2.75, 3.05) is 19.6 Å². The molecule has 1 aliphatic heterocycles. The van der Waals surface area contributed by atoms with Crippen molar-refractivity contribution in [3.05, 3.63) is 23.6 Å². The van der Waals surface area contributed by atoms with Crippen LogP contribution >= 0.6 is 0 Å². The number of alkyl halides is 1.